The number of hydrogen-bond acceptors (Lipinski definition) is 1. The van der Waals surface area contributed by atoms with E-state index in [0.29, 0.717) is 0 Å². The Morgan fingerprint density at radius 2 is 2.23 bits per heavy atom. The molecule has 1 amide bonds. The normalized spacial score (nSPS) is 23.5. The van der Waals surface area contributed by atoms with Crippen molar-refractivity contribution in [3.63, 3.8) is 0 Å². The first-order valence-corrected chi connectivity index (χ1v) is 4.78. The minimum absolute atomic E-state index is 0.0750. The van der Waals surface area contributed by atoms with Gasteiger partial charge in [-0.3, -0.25) is 4.79 Å². The first-order valence-electron chi connectivity index (χ1n) is 4.78. The van der Waals surface area contributed by atoms with E-state index in [1.165, 1.54) is 12.0 Å². The molecule has 1 aromatic rings. The van der Waals surface area contributed by atoms with Crippen LogP contribution in [-0.4, -0.2) is 16.4 Å². The van der Waals surface area contributed by atoms with Crippen LogP contribution in [0.2, 0.25) is 0 Å². The molecule has 2 N–H and O–H groups in total. The molecule has 2 aliphatic rings. The van der Waals surface area contributed by atoms with Crippen LogP contribution in [0.15, 0.2) is 12.3 Å². The average Bonchev–Trinajstić information content (AvgIpc) is 2.49. The van der Waals surface area contributed by atoms with Gasteiger partial charge in [0.05, 0.1) is 0 Å². The Morgan fingerprint density at radius 3 is 2.92 bits per heavy atom. The Morgan fingerprint density at radius 1 is 1.38 bits per heavy atom. The van der Waals surface area contributed by atoms with Crippen LogP contribution in [0.25, 0.3) is 0 Å². The summed E-state index contributed by atoms with van der Waals surface area (Å²) >= 11 is 0. The number of hydrogen-bond donors (Lipinski definition) is 2. The fourth-order valence-corrected chi connectivity index (χ4v) is 2.38. The van der Waals surface area contributed by atoms with Crippen LogP contribution in [-0.2, 0) is 6.42 Å². The van der Waals surface area contributed by atoms with Crippen molar-refractivity contribution in [2.75, 3.05) is 0 Å². The summed E-state index contributed by atoms with van der Waals surface area (Å²) in [6.07, 6.45) is 6.40. The van der Waals surface area contributed by atoms with Gasteiger partial charge >= 0.3 is 0 Å². The van der Waals surface area contributed by atoms with Gasteiger partial charge in [-0.05, 0) is 37.3 Å². The molecular weight excluding hydrogens is 164 g/mol. The van der Waals surface area contributed by atoms with Crippen LogP contribution >= 0.6 is 0 Å². The van der Waals surface area contributed by atoms with Crippen LogP contribution in [0.3, 0.4) is 0 Å². The summed E-state index contributed by atoms with van der Waals surface area (Å²) in [6.45, 7) is 0. The number of fused-ring (bicyclic) bond motifs is 1. The number of amides is 1. The predicted octanol–water partition coefficient (Wildman–Crippen LogP) is 1.22. The van der Waals surface area contributed by atoms with E-state index in [1.54, 1.807) is 0 Å². The van der Waals surface area contributed by atoms with Gasteiger partial charge in [0.15, 0.2) is 0 Å². The van der Waals surface area contributed by atoms with Gasteiger partial charge in [0.25, 0.3) is 5.91 Å². The van der Waals surface area contributed by atoms with E-state index in [0.717, 1.165) is 25.0 Å². The third kappa shape index (κ3) is 0.870. The Labute approximate surface area is 76.5 Å². The monoisotopic (exact) mass is 176 g/mol. The molecule has 1 spiro atoms. The maximum absolute atomic E-state index is 11.6. The predicted molar refractivity (Wildman–Crippen MR) is 48.5 cm³/mol. The number of nitrogens with one attached hydrogen (secondary N) is 2. The van der Waals surface area contributed by atoms with Gasteiger partial charge in [-0.2, -0.15) is 0 Å². The standard InChI is InChI=1S/C10H12N2O/c13-9-8-7(2-5-11-8)6-10(12-9)3-1-4-10/h2,5,11H,1,3-4,6H2,(H,12,13). The zero-order valence-electron chi connectivity index (χ0n) is 7.39. The molecule has 3 nitrogen and oxygen atoms in total. The van der Waals surface area contributed by atoms with Gasteiger partial charge in [0, 0.05) is 11.7 Å². The lowest BCUT2D eigenvalue weighted by Gasteiger charge is -2.45. The first kappa shape index (κ1) is 7.18. The van der Waals surface area contributed by atoms with E-state index in [-0.39, 0.29) is 11.4 Å². The Kier molecular flexibility index (Phi) is 1.19. The van der Waals surface area contributed by atoms with Gasteiger partial charge < -0.3 is 10.3 Å². The van der Waals surface area contributed by atoms with Crippen molar-refractivity contribution >= 4 is 5.91 Å². The highest BCUT2D eigenvalue weighted by atomic mass is 16.2. The molecule has 0 saturated heterocycles. The topological polar surface area (TPSA) is 44.9 Å². The van der Waals surface area contributed by atoms with Gasteiger partial charge in [-0.25, -0.2) is 0 Å². The first-order chi connectivity index (χ1) is 6.29. The molecule has 3 rings (SSSR count). The summed E-state index contributed by atoms with van der Waals surface area (Å²) in [7, 11) is 0. The second-order valence-corrected chi connectivity index (χ2v) is 4.14. The number of rotatable bonds is 0. The summed E-state index contributed by atoms with van der Waals surface area (Å²) in [5.41, 5.74) is 2.06. The molecular formula is C10H12N2O. The second-order valence-electron chi connectivity index (χ2n) is 4.14. The van der Waals surface area contributed by atoms with E-state index in [1.807, 2.05) is 12.3 Å². The molecule has 0 bridgehead atoms. The number of H-pyrrole nitrogens is 1. The average molecular weight is 176 g/mol. The minimum Gasteiger partial charge on any atom is -0.357 e. The lowest BCUT2D eigenvalue weighted by atomic mass is 9.71. The van der Waals surface area contributed by atoms with Crippen LogP contribution in [0.4, 0.5) is 0 Å². The number of aromatic amines is 1. The van der Waals surface area contributed by atoms with E-state index >= 15 is 0 Å². The zero-order valence-corrected chi connectivity index (χ0v) is 7.39. The fraction of sp³-hybridized carbons (Fsp3) is 0.500. The molecule has 0 unspecified atom stereocenters. The van der Waals surface area contributed by atoms with Gasteiger partial charge in [-0.1, -0.05) is 0 Å². The van der Waals surface area contributed by atoms with Crippen LogP contribution < -0.4 is 5.32 Å². The molecule has 3 heteroatoms. The summed E-state index contributed by atoms with van der Waals surface area (Å²) in [5.74, 6) is 0.0750. The SMILES string of the molecule is O=C1NC2(CCC2)Cc2cc[nH]c21. The molecule has 1 aromatic heterocycles. The van der Waals surface area contributed by atoms with Crippen molar-refractivity contribution in [3.8, 4) is 0 Å². The highest BCUT2D eigenvalue weighted by Crippen LogP contribution is 2.38. The second kappa shape index (κ2) is 2.16. The smallest absolute Gasteiger partial charge is 0.268 e. The number of carbonyl (C=O) groups excluding carboxylic acids is 1. The molecule has 68 valence electrons. The molecule has 0 atom stereocenters. The number of aromatic nitrogens is 1. The van der Waals surface area contributed by atoms with Crippen molar-refractivity contribution in [3.05, 3.63) is 23.5 Å². The Bertz CT molecular complexity index is 363. The van der Waals surface area contributed by atoms with E-state index < -0.39 is 0 Å². The molecule has 1 aliphatic carbocycles. The van der Waals surface area contributed by atoms with Crippen LogP contribution in [0.1, 0.15) is 35.3 Å². The molecule has 13 heavy (non-hydrogen) atoms. The zero-order chi connectivity index (χ0) is 8.89. The van der Waals surface area contributed by atoms with Gasteiger partial charge in [0.2, 0.25) is 0 Å². The summed E-state index contributed by atoms with van der Waals surface area (Å²) in [5, 5.41) is 3.10. The van der Waals surface area contributed by atoms with Crippen LogP contribution in [0.5, 0.6) is 0 Å². The minimum atomic E-state index is 0.0750. The summed E-state index contributed by atoms with van der Waals surface area (Å²) in [6, 6.07) is 2.02. The van der Waals surface area contributed by atoms with E-state index in [9.17, 15) is 4.79 Å². The maximum Gasteiger partial charge on any atom is 0.268 e. The fourth-order valence-electron chi connectivity index (χ4n) is 2.38. The molecule has 0 radical (unpaired) electrons. The van der Waals surface area contributed by atoms with E-state index in [2.05, 4.69) is 10.3 Å². The molecule has 0 aromatic carbocycles. The van der Waals surface area contributed by atoms with E-state index in [4.69, 9.17) is 0 Å². The van der Waals surface area contributed by atoms with Crippen molar-refractivity contribution in [1.82, 2.24) is 10.3 Å². The van der Waals surface area contributed by atoms with Crippen molar-refractivity contribution < 1.29 is 4.79 Å². The Balaban J connectivity index is 2.03. The highest BCUT2D eigenvalue weighted by molar-refractivity contribution is 5.95. The summed E-state index contributed by atoms with van der Waals surface area (Å²) < 4.78 is 0. The lowest BCUT2D eigenvalue weighted by molar-refractivity contribution is 0.0791. The third-order valence-electron chi connectivity index (χ3n) is 3.28. The quantitative estimate of drug-likeness (QED) is 0.613. The highest BCUT2D eigenvalue weighted by Gasteiger charge is 2.42. The Hall–Kier alpha value is -1.25. The molecule has 2 heterocycles. The van der Waals surface area contributed by atoms with Crippen LogP contribution in [0, 0.1) is 0 Å². The van der Waals surface area contributed by atoms with Crippen molar-refractivity contribution in [2.45, 2.75) is 31.2 Å². The maximum atomic E-state index is 11.6. The largest absolute Gasteiger partial charge is 0.357 e. The molecule has 1 aliphatic heterocycles. The van der Waals surface area contributed by atoms with Crippen molar-refractivity contribution in [1.29, 1.82) is 0 Å². The van der Waals surface area contributed by atoms with Gasteiger partial charge in [0.1, 0.15) is 5.69 Å². The van der Waals surface area contributed by atoms with Crippen molar-refractivity contribution in [2.24, 2.45) is 0 Å². The third-order valence-corrected chi connectivity index (χ3v) is 3.28. The number of carbonyl (C=O) groups is 1. The lowest BCUT2D eigenvalue weighted by Crippen LogP contribution is -2.57. The summed E-state index contributed by atoms with van der Waals surface area (Å²) in [4.78, 5) is 14.6. The van der Waals surface area contributed by atoms with Gasteiger partial charge in [-0.15, -0.1) is 0 Å². The molecule has 1 saturated carbocycles. The molecule has 1 fully saturated rings.